The molecule has 0 radical (unpaired) electrons. The number of esters is 1. The first-order valence-electron chi connectivity index (χ1n) is 12.7. The van der Waals surface area contributed by atoms with E-state index in [4.69, 9.17) is 31.8 Å². The lowest BCUT2D eigenvalue weighted by molar-refractivity contribution is -0.137. The summed E-state index contributed by atoms with van der Waals surface area (Å²) < 4.78 is 33.3. The van der Waals surface area contributed by atoms with Gasteiger partial charge in [0, 0.05) is 18.0 Å². The van der Waals surface area contributed by atoms with E-state index in [-0.39, 0.29) is 27.1 Å². The Morgan fingerprint density at radius 1 is 1.22 bits per heavy atom. The number of aliphatic carboxylic acids is 1. The van der Waals surface area contributed by atoms with Crippen LogP contribution >= 0.6 is 74.2 Å². The number of benzene rings is 2. The van der Waals surface area contributed by atoms with Crippen LogP contribution in [-0.4, -0.2) is 67.0 Å². The standard InChI is InChI=1S/C15H15ClFN3O3S2.C7H3Br2NO.C3H8NO5P/c1-23-13(21)8-24-12-7-11(10(17)6-9(12)16)18-14-19-4-2-3-5-20(19)15(22)25-14;8-5-1-4(3-10)2-6(9)7(5)11;5-3(6)1-4-2-10(7,8)9/h6-7H,2-5,8H2,1H3;1-2,11H;4H,1-2H2,(H,5,6)(H2,7,8,9). The summed E-state index contributed by atoms with van der Waals surface area (Å²) in [4.78, 5) is 54.6. The number of carboxylic acids is 1. The molecular formula is C25H26Br2ClFN5O9PS2. The number of carbonyl (C=O) groups excluding carboxylic acids is 1. The molecule has 0 amide bonds. The number of phenols is 1. The van der Waals surface area contributed by atoms with Crippen LogP contribution in [0.25, 0.3) is 0 Å². The lowest BCUT2D eigenvalue weighted by Gasteiger charge is -2.15. The van der Waals surface area contributed by atoms with Crippen molar-refractivity contribution in [3.8, 4) is 11.8 Å². The van der Waals surface area contributed by atoms with Crippen molar-refractivity contribution in [2.75, 3.05) is 25.7 Å². The fraction of sp³-hybridized carbons (Fsp3) is 0.320. The summed E-state index contributed by atoms with van der Waals surface area (Å²) in [6, 6.07) is 7.72. The van der Waals surface area contributed by atoms with E-state index in [2.05, 4.69) is 46.9 Å². The zero-order valence-corrected chi connectivity index (χ0v) is 30.1. The molecule has 46 heavy (non-hydrogen) atoms. The number of aromatic hydroxyl groups is 1. The number of carboxylic acid groups (broad SMARTS) is 1. The molecule has 2 heterocycles. The number of hydrogen-bond donors (Lipinski definition) is 5. The number of nitrogens with zero attached hydrogens (tertiary/aromatic N) is 4. The van der Waals surface area contributed by atoms with Crippen molar-refractivity contribution in [1.29, 1.82) is 5.26 Å². The first kappa shape index (κ1) is 39.6. The lowest BCUT2D eigenvalue weighted by Crippen LogP contribution is -2.31. The van der Waals surface area contributed by atoms with Gasteiger partial charge in [-0.1, -0.05) is 11.6 Å². The molecule has 0 saturated carbocycles. The quantitative estimate of drug-likeness (QED) is 0.121. The van der Waals surface area contributed by atoms with E-state index in [1.54, 1.807) is 21.5 Å². The Morgan fingerprint density at radius 3 is 2.37 bits per heavy atom. The van der Waals surface area contributed by atoms with Gasteiger partial charge in [-0.2, -0.15) is 5.26 Å². The average Bonchev–Trinajstić information content (AvgIpc) is 3.30. The summed E-state index contributed by atoms with van der Waals surface area (Å²) in [5.41, 5.74) is 0.584. The summed E-state index contributed by atoms with van der Waals surface area (Å²) in [7, 11) is -2.80. The van der Waals surface area contributed by atoms with Gasteiger partial charge in [-0.15, -0.1) is 11.8 Å². The van der Waals surface area contributed by atoms with Gasteiger partial charge in [-0.3, -0.25) is 28.9 Å². The maximum atomic E-state index is 14.3. The zero-order valence-electron chi connectivity index (χ0n) is 23.7. The molecule has 0 atom stereocenters. The second-order valence-corrected chi connectivity index (χ2v) is 14.6. The van der Waals surface area contributed by atoms with Crippen molar-refractivity contribution in [2.24, 2.45) is 4.99 Å². The molecule has 0 aliphatic carbocycles. The van der Waals surface area contributed by atoms with Gasteiger partial charge < -0.3 is 24.7 Å². The number of fused-ring (bicyclic) bond motifs is 1. The van der Waals surface area contributed by atoms with Gasteiger partial charge in [0.05, 0.1) is 51.3 Å². The molecule has 0 saturated heterocycles. The Kier molecular flexibility index (Phi) is 16.1. The van der Waals surface area contributed by atoms with E-state index < -0.39 is 38.2 Å². The Labute approximate surface area is 290 Å². The summed E-state index contributed by atoms with van der Waals surface area (Å²) >= 11 is 14.4. The highest BCUT2D eigenvalue weighted by Crippen LogP contribution is 2.34. The monoisotopic (exact) mass is 847 g/mol. The van der Waals surface area contributed by atoms with Crippen molar-refractivity contribution in [2.45, 2.75) is 30.8 Å². The van der Waals surface area contributed by atoms with E-state index in [0.29, 0.717) is 37.3 Å². The highest BCUT2D eigenvalue weighted by molar-refractivity contribution is 9.11. The van der Waals surface area contributed by atoms with Crippen LogP contribution in [0.5, 0.6) is 5.75 Å². The smallest absolute Gasteiger partial charge is 0.339 e. The van der Waals surface area contributed by atoms with Crippen molar-refractivity contribution in [3.63, 3.8) is 0 Å². The van der Waals surface area contributed by atoms with E-state index >= 15 is 0 Å². The van der Waals surface area contributed by atoms with Gasteiger partial charge in [0.1, 0.15) is 17.3 Å². The predicted octanol–water partition coefficient (Wildman–Crippen LogP) is 4.38. The van der Waals surface area contributed by atoms with Crippen molar-refractivity contribution in [1.82, 2.24) is 14.7 Å². The van der Waals surface area contributed by atoms with Crippen LogP contribution in [0.4, 0.5) is 10.1 Å². The van der Waals surface area contributed by atoms with Crippen LogP contribution in [0.1, 0.15) is 18.4 Å². The SMILES string of the molecule is COC(=O)CSc1cc(N=c2sc(=O)n3n2CCCC3)c(F)cc1Cl.N#Cc1cc(Br)c(O)c(Br)c1.O=C(O)CNCP(=O)(O)O. The minimum Gasteiger partial charge on any atom is -0.506 e. The molecule has 250 valence electrons. The number of phenolic OH excluding ortho intramolecular Hbond substituents is 1. The molecule has 0 spiro atoms. The summed E-state index contributed by atoms with van der Waals surface area (Å²) in [5, 5.41) is 28.0. The van der Waals surface area contributed by atoms with E-state index in [1.165, 1.54) is 13.2 Å². The molecule has 3 aromatic rings. The van der Waals surface area contributed by atoms with Crippen LogP contribution in [0.15, 0.2) is 47.9 Å². The number of hydrogen-bond acceptors (Lipinski definition) is 11. The van der Waals surface area contributed by atoms with Gasteiger partial charge in [-0.05, 0) is 80.3 Å². The van der Waals surface area contributed by atoms with Crippen LogP contribution in [0.3, 0.4) is 0 Å². The second-order valence-electron chi connectivity index (χ2n) is 8.86. The molecule has 1 aliphatic rings. The fourth-order valence-corrected chi connectivity index (χ4v) is 6.95. The van der Waals surface area contributed by atoms with Gasteiger partial charge in [0.2, 0.25) is 4.80 Å². The van der Waals surface area contributed by atoms with Crippen LogP contribution in [0, 0.1) is 17.1 Å². The van der Waals surface area contributed by atoms with Gasteiger partial charge in [0.25, 0.3) is 0 Å². The van der Waals surface area contributed by atoms with E-state index in [0.717, 1.165) is 42.0 Å². The number of methoxy groups -OCH3 is 1. The Hall–Kier alpha value is -2.53. The molecule has 1 aliphatic heterocycles. The topological polar surface area (TPSA) is 216 Å². The molecule has 1 aromatic heterocycles. The second kappa shape index (κ2) is 18.7. The molecule has 2 aromatic carbocycles. The number of aromatic nitrogens is 2. The fourth-order valence-electron chi connectivity index (χ4n) is 3.37. The molecule has 4 rings (SSSR count). The Bertz CT molecular complexity index is 1770. The summed E-state index contributed by atoms with van der Waals surface area (Å²) in [5.74, 6) is -1.95. The molecule has 0 bridgehead atoms. The van der Waals surface area contributed by atoms with Crippen LogP contribution in [0.2, 0.25) is 5.02 Å². The number of ether oxygens (including phenoxy) is 1. The lowest BCUT2D eigenvalue weighted by atomic mass is 10.2. The van der Waals surface area contributed by atoms with Gasteiger partial charge >= 0.3 is 24.4 Å². The Balaban J connectivity index is 0.000000290. The molecular weight excluding hydrogens is 824 g/mol. The maximum absolute atomic E-state index is 14.3. The normalized spacial score (nSPS) is 12.5. The third-order valence-electron chi connectivity index (χ3n) is 5.42. The molecule has 14 nitrogen and oxygen atoms in total. The minimum absolute atomic E-state index is 0.0605. The minimum atomic E-state index is -4.10. The third-order valence-corrected chi connectivity index (χ3v) is 9.59. The maximum Gasteiger partial charge on any atom is 0.339 e. The van der Waals surface area contributed by atoms with Crippen molar-refractivity contribution in [3.05, 3.63) is 64.1 Å². The predicted molar refractivity (Wildman–Crippen MR) is 176 cm³/mol. The number of rotatable bonds is 8. The number of nitriles is 1. The van der Waals surface area contributed by atoms with Gasteiger partial charge in [0.15, 0.2) is 0 Å². The number of nitrogens with one attached hydrogen (secondary N) is 1. The molecule has 21 heteroatoms. The summed E-state index contributed by atoms with van der Waals surface area (Å²) in [6.45, 7) is 0.885. The number of thioether (sulfide) groups is 1. The molecule has 5 N–H and O–H groups in total. The highest BCUT2D eigenvalue weighted by Gasteiger charge is 2.15. The van der Waals surface area contributed by atoms with Crippen molar-refractivity contribution >= 4 is 91.8 Å². The number of carbonyl (C=O) groups is 2. The van der Waals surface area contributed by atoms with E-state index in [1.807, 2.05) is 6.07 Å². The van der Waals surface area contributed by atoms with Gasteiger partial charge in [-0.25, -0.2) is 14.1 Å². The van der Waals surface area contributed by atoms with Crippen LogP contribution in [-0.2, 0) is 32.0 Å². The summed E-state index contributed by atoms with van der Waals surface area (Å²) in [6.07, 6.45) is 1.30. The average molecular weight is 850 g/mol. The molecule has 0 unspecified atom stereocenters. The first-order valence-corrected chi connectivity index (χ1v) is 18.2. The highest BCUT2D eigenvalue weighted by atomic mass is 79.9. The first-order chi connectivity index (χ1) is 21.6. The third kappa shape index (κ3) is 12.9. The Morgan fingerprint density at radius 2 is 1.83 bits per heavy atom. The zero-order chi connectivity index (χ0) is 34.6. The van der Waals surface area contributed by atoms with E-state index in [9.17, 15) is 28.4 Å². The number of halogens is 4. The molecule has 0 fully saturated rings. The largest absolute Gasteiger partial charge is 0.506 e. The van der Waals surface area contributed by atoms with Crippen LogP contribution < -0.4 is 15.0 Å². The van der Waals surface area contributed by atoms with Crippen molar-refractivity contribution < 1.29 is 43.3 Å².